The fourth-order valence-corrected chi connectivity index (χ4v) is 1.78. The molecule has 1 aromatic heterocycles. The Morgan fingerprint density at radius 3 is 2.75 bits per heavy atom. The van der Waals surface area contributed by atoms with Gasteiger partial charge in [0.2, 0.25) is 0 Å². The number of hydrogen-bond acceptors (Lipinski definition) is 4. The maximum absolute atomic E-state index is 5.84. The molecule has 2 heterocycles. The van der Waals surface area contributed by atoms with Gasteiger partial charge in [-0.2, -0.15) is 0 Å². The Morgan fingerprint density at radius 1 is 1.44 bits per heavy atom. The van der Waals surface area contributed by atoms with Crippen LogP contribution >= 0.6 is 0 Å². The van der Waals surface area contributed by atoms with E-state index in [1.807, 2.05) is 6.07 Å². The minimum Gasteiger partial charge on any atom is -0.488 e. The maximum atomic E-state index is 5.84. The van der Waals surface area contributed by atoms with E-state index in [9.17, 15) is 0 Å². The summed E-state index contributed by atoms with van der Waals surface area (Å²) in [5.74, 6) is 0.763. The zero-order valence-electron chi connectivity index (χ0n) is 9.02. The van der Waals surface area contributed by atoms with Crippen LogP contribution in [0, 0.1) is 0 Å². The van der Waals surface area contributed by atoms with Crippen molar-refractivity contribution in [2.75, 3.05) is 25.9 Å². The molecule has 2 rings (SSSR count). The van der Waals surface area contributed by atoms with Crippen LogP contribution in [0.2, 0.25) is 0 Å². The average molecular weight is 223 g/mol. The number of piperidine rings is 1. The number of nitrogens with two attached hydrogens (primary N) is 1. The van der Waals surface area contributed by atoms with Crippen LogP contribution < -0.4 is 10.5 Å². The first-order valence-corrected chi connectivity index (χ1v) is 5.30. The van der Waals surface area contributed by atoms with Gasteiger partial charge in [-0.05, 0) is 19.9 Å². The van der Waals surface area contributed by atoms with Gasteiger partial charge in [0.15, 0.2) is 0 Å². The number of nitrogen functional groups attached to an aromatic ring is 1. The first kappa shape index (κ1) is 12.8. The smallest absolute Gasteiger partial charge is 0.145 e. The molecule has 4 heteroatoms. The predicted octanol–water partition coefficient (Wildman–Crippen LogP) is 1.77. The van der Waals surface area contributed by atoms with Gasteiger partial charge in [-0.25, -0.2) is 0 Å². The highest BCUT2D eigenvalue weighted by atomic mass is 16.5. The second-order valence-electron chi connectivity index (χ2n) is 4.03. The van der Waals surface area contributed by atoms with Crippen LogP contribution in [-0.4, -0.2) is 36.1 Å². The Labute approximate surface area is 97.4 Å². The first-order chi connectivity index (χ1) is 7.25. The summed E-state index contributed by atoms with van der Waals surface area (Å²) in [7, 11) is 2.14. The highest BCUT2D eigenvalue weighted by molar-refractivity contribution is 5.49. The molecule has 1 saturated heterocycles. The fourth-order valence-electron chi connectivity index (χ4n) is 1.78. The number of pyridine rings is 1. The molecule has 0 spiro atoms. The summed E-state index contributed by atoms with van der Waals surface area (Å²) in [6.07, 6.45) is 5.77. The van der Waals surface area contributed by atoms with Crippen LogP contribution in [-0.2, 0) is 0 Å². The molecule has 0 amide bonds. The van der Waals surface area contributed by atoms with Gasteiger partial charge in [-0.3, -0.25) is 4.98 Å². The van der Waals surface area contributed by atoms with Gasteiger partial charge in [0, 0.05) is 25.4 Å². The second kappa shape index (κ2) is 5.70. The van der Waals surface area contributed by atoms with Crippen molar-refractivity contribution in [1.82, 2.24) is 9.88 Å². The van der Waals surface area contributed by atoms with Crippen LogP contribution in [0.4, 0.5) is 5.69 Å². The van der Waals surface area contributed by atoms with Crippen molar-refractivity contribution in [3.8, 4) is 5.75 Å². The lowest BCUT2D eigenvalue weighted by Gasteiger charge is -2.29. The van der Waals surface area contributed by atoms with Crippen molar-refractivity contribution < 1.29 is 4.74 Å². The van der Waals surface area contributed by atoms with E-state index >= 15 is 0 Å². The first-order valence-electron chi connectivity index (χ1n) is 5.30. The van der Waals surface area contributed by atoms with Crippen LogP contribution in [0.3, 0.4) is 0 Å². The van der Waals surface area contributed by atoms with Gasteiger partial charge < -0.3 is 15.4 Å². The van der Waals surface area contributed by atoms with E-state index in [2.05, 4.69) is 16.9 Å². The van der Waals surface area contributed by atoms with Gasteiger partial charge in [-0.15, -0.1) is 0 Å². The number of rotatable bonds is 2. The zero-order chi connectivity index (χ0) is 10.7. The molecule has 0 atom stereocenters. The third-order valence-electron chi connectivity index (χ3n) is 2.77. The van der Waals surface area contributed by atoms with Crippen LogP contribution in [0.1, 0.15) is 20.3 Å². The number of nitrogens with zero attached hydrogens (tertiary/aromatic N) is 2. The molecule has 90 valence electrons. The SMILES string of the molecule is C.CN1CCC(Oc2ccncc2N)CC1. The normalized spacial score (nSPS) is 17.8. The van der Waals surface area contributed by atoms with Crippen molar-refractivity contribution in [3.63, 3.8) is 0 Å². The third-order valence-corrected chi connectivity index (χ3v) is 2.77. The number of hydrogen-bond donors (Lipinski definition) is 1. The van der Waals surface area contributed by atoms with E-state index in [4.69, 9.17) is 10.5 Å². The minimum absolute atomic E-state index is 0. The summed E-state index contributed by atoms with van der Waals surface area (Å²) in [4.78, 5) is 6.25. The number of anilines is 1. The van der Waals surface area contributed by atoms with Gasteiger partial charge in [0.25, 0.3) is 0 Å². The van der Waals surface area contributed by atoms with Crippen molar-refractivity contribution >= 4 is 5.69 Å². The van der Waals surface area contributed by atoms with E-state index < -0.39 is 0 Å². The molecule has 1 aromatic rings. The Balaban J connectivity index is 0.00000128. The fraction of sp³-hybridized carbons (Fsp3) is 0.583. The molecule has 0 aliphatic carbocycles. The molecule has 0 bridgehead atoms. The summed E-state index contributed by atoms with van der Waals surface area (Å²) >= 11 is 0. The lowest BCUT2D eigenvalue weighted by molar-refractivity contribution is 0.115. The molecule has 1 aliphatic heterocycles. The second-order valence-corrected chi connectivity index (χ2v) is 4.03. The minimum atomic E-state index is 0. The van der Waals surface area contributed by atoms with E-state index in [0.29, 0.717) is 11.8 Å². The van der Waals surface area contributed by atoms with Crippen LogP contribution in [0.15, 0.2) is 18.5 Å². The van der Waals surface area contributed by atoms with Gasteiger partial charge in [0.1, 0.15) is 11.9 Å². The lowest BCUT2D eigenvalue weighted by Crippen LogP contribution is -2.35. The van der Waals surface area contributed by atoms with Crippen molar-refractivity contribution in [1.29, 1.82) is 0 Å². The predicted molar refractivity (Wildman–Crippen MR) is 66.5 cm³/mol. The monoisotopic (exact) mass is 223 g/mol. The zero-order valence-corrected chi connectivity index (χ0v) is 9.02. The van der Waals surface area contributed by atoms with Gasteiger partial charge >= 0.3 is 0 Å². The number of likely N-dealkylation sites (tertiary alicyclic amines) is 1. The Bertz CT molecular complexity index is 322. The van der Waals surface area contributed by atoms with Crippen LogP contribution in [0.25, 0.3) is 0 Å². The standard InChI is InChI=1S/C11H17N3O.CH4/c1-14-6-3-9(4-7-14)15-11-2-5-13-8-10(11)12;/h2,5,8-9H,3-4,6-7,12H2,1H3;1H4. The van der Waals surface area contributed by atoms with Crippen LogP contribution in [0.5, 0.6) is 5.75 Å². The van der Waals surface area contributed by atoms with E-state index in [0.717, 1.165) is 31.7 Å². The molecule has 1 fully saturated rings. The number of aromatic nitrogens is 1. The number of ether oxygens (including phenoxy) is 1. The highest BCUT2D eigenvalue weighted by Gasteiger charge is 2.18. The summed E-state index contributed by atoms with van der Waals surface area (Å²) in [5, 5.41) is 0. The topological polar surface area (TPSA) is 51.4 Å². The molecule has 0 unspecified atom stereocenters. The maximum Gasteiger partial charge on any atom is 0.145 e. The van der Waals surface area contributed by atoms with E-state index in [-0.39, 0.29) is 7.43 Å². The van der Waals surface area contributed by atoms with Crippen molar-refractivity contribution in [2.45, 2.75) is 26.4 Å². The molecule has 16 heavy (non-hydrogen) atoms. The van der Waals surface area contributed by atoms with E-state index in [1.54, 1.807) is 12.4 Å². The summed E-state index contributed by atoms with van der Waals surface area (Å²) < 4.78 is 5.84. The summed E-state index contributed by atoms with van der Waals surface area (Å²) in [6.45, 7) is 2.19. The molecule has 1 aliphatic rings. The molecule has 0 radical (unpaired) electrons. The highest BCUT2D eigenvalue weighted by Crippen LogP contribution is 2.23. The molecule has 0 saturated carbocycles. The average Bonchev–Trinajstić information content (AvgIpc) is 2.25. The molecule has 2 N–H and O–H groups in total. The largest absolute Gasteiger partial charge is 0.488 e. The Kier molecular flexibility index (Phi) is 4.55. The Hall–Kier alpha value is -1.29. The molecular formula is C12H21N3O. The molecular weight excluding hydrogens is 202 g/mol. The quantitative estimate of drug-likeness (QED) is 0.830. The summed E-state index contributed by atoms with van der Waals surface area (Å²) in [5.41, 5.74) is 6.39. The van der Waals surface area contributed by atoms with Gasteiger partial charge in [0.05, 0.1) is 11.9 Å². The molecule has 4 nitrogen and oxygen atoms in total. The summed E-state index contributed by atoms with van der Waals surface area (Å²) in [6, 6.07) is 1.83. The van der Waals surface area contributed by atoms with Crippen molar-refractivity contribution in [3.05, 3.63) is 18.5 Å². The molecule has 0 aromatic carbocycles. The van der Waals surface area contributed by atoms with Crippen molar-refractivity contribution in [2.24, 2.45) is 0 Å². The van der Waals surface area contributed by atoms with E-state index in [1.165, 1.54) is 0 Å². The lowest BCUT2D eigenvalue weighted by atomic mass is 10.1. The van der Waals surface area contributed by atoms with Gasteiger partial charge in [-0.1, -0.05) is 7.43 Å². The Morgan fingerprint density at radius 2 is 2.12 bits per heavy atom. The third kappa shape index (κ3) is 3.10.